The van der Waals surface area contributed by atoms with Gasteiger partial charge in [0.15, 0.2) is 0 Å². The predicted molar refractivity (Wildman–Crippen MR) is 56.6 cm³/mol. The van der Waals surface area contributed by atoms with Crippen molar-refractivity contribution >= 4 is 10.2 Å². The number of nitrogens with zero attached hydrogens (tertiary/aromatic N) is 2. The summed E-state index contributed by atoms with van der Waals surface area (Å²) in [5.74, 6) is 0. The van der Waals surface area contributed by atoms with Crippen molar-refractivity contribution in [3.63, 3.8) is 0 Å². The molecule has 0 spiro atoms. The molecular weight excluding hydrogens is 214 g/mol. The van der Waals surface area contributed by atoms with Gasteiger partial charge in [0.1, 0.15) is 0 Å². The lowest BCUT2D eigenvalue weighted by molar-refractivity contribution is 0.365. The Labute approximate surface area is 90.6 Å². The van der Waals surface area contributed by atoms with Crippen molar-refractivity contribution in [2.45, 2.75) is 31.3 Å². The first-order valence-electron chi connectivity index (χ1n) is 5.69. The molecule has 3 rings (SSSR count). The molecule has 3 aliphatic rings. The summed E-state index contributed by atoms with van der Waals surface area (Å²) in [6, 6.07) is 0.508. The minimum absolute atomic E-state index is 0.193. The van der Waals surface area contributed by atoms with Crippen LogP contribution in [0.4, 0.5) is 0 Å². The summed E-state index contributed by atoms with van der Waals surface area (Å²) in [7, 11) is -3.12. The fraction of sp³-hybridized carbons (Fsp3) is 1.00. The Kier molecular flexibility index (Phi) is 2.28. The van der Waals surface area contributed by atoms with Crippen molar-refractivity contribution < 1.29 is 8.42 Å². The number of hydrogen-bond donors (Lipinski definition) is 1. The van der Waals surface area contributed by atoms with E-state index >= 15 is 0 Å². The van der Waals surface area contributed by atoms with E-state index in [1.54, 1.807) is 8.61 Å². The summed E-state index contributed by atoms with van der Waals surface area (Å²) in [5, 5.41) is 3.22. The first kappa shape index (κ1) is 10.0. The van der Waals surface area contributed by atoms with Crippen molar-refractivity contribution in [3.05, 3.63) is 0 Å². The molecule has 0 aromatic carbocycles. The number of nitrogens with one attached hydrogen (secondary N) is 1. The third-order valence-corrected chi connectivity index (χ3v) is 5.68. The summed E-state index contributed by atoms with van der Waals surface area (Å²) < 4.78 is 27.8. The average Bonchev–Trinajstić information content (AvgIpc) is 2.76. The van der Waals surface area contributed by atoms with Gasteiger partial charge in [-0.1, -0.05) is 0 Å². The fourth-order valence-corrected chi connectivity index (χ4v) is 4.59. The van der Waals surface area contributed by atoms with Gasteiger partial charge in [-0.05, 0) is 25.8 Å². The summed E-state index contributed by atoms with van der Waals surface area (Å²) in [4.78, 5) is 0. The molecule has 0 aromatic rings. The molecule has 2 aliphatic heterocycles. The van der Waals surface area contributed by atoms with Gasteiger partial charge in [0, 0.05) is 31.7 Å². The van der Waals surface area contributed by atoms with Gasteiger partial charge in [-0.25, -0.2) is 0 Å². The largest absolute Gasteiger partial charge is 0.315 e. The van der Waals surface area contributed by atoms with E-state index in [2.05, 4.69) is 5.32 Å². The molecular formula is C9H17N3O2S. The van der Waals surface area contributed by atoms with Crippen LogP contribution in [0.3, 0.4) is 0 Å². The Balaban J connectivity index is 1.80. The van der Waals surface area contributed by atoms with Gasteiger partial charge < -0.3 is 5.32 Å². The van der Waals surface area contributed by atoms with Crippen LogP contribution in [-0.2, 0) is 10.2 Å². The molecule has 86 valence electrons. The van der Waals surface area contributed by atoms with E-state index in [0.717, 1.165) is 32.4 Å². The molecule has 0 bridgehead atoms. The quantitative estimate of drug-likeness (QED) is 0.688. The van der Waals surface area contributed by atoms with E-state index in [1.807, 2.05) is 0 Å². The van der Waals surface area contributed by atoms with Crippen LogP contribution < -0.4 is 5.32 Å². The van der Waals surface area contributed by atoms with Gasteiger partial charge in [0.2, 0.25) is 0 Å². The number of rotatable bonds is 2. The maximum Gasteiger partial charge on any atom is 0.282 e. The molecule has 3 fully saturated rings. The van der Waals surface area contributed by atoms with Crippen molar-refractivity contribution in [3.8, 4) is 0 Å². The van der Waals surface area contributed by atoms with Crippen LogP contribution in [0, 0.1) is 0 Å². The lowest BCUT2D eigenvalue weighted by Gasteiger charge is -2.22. The van der Waals surface area contributed by atoms with E-state index in [-0.39, 0.29) is 6.04 Å². The molecule has 1 saturated carbocycles. The third kappa shape index (κ3) is 1.60. The lowest BCUT2D eigenvalue weighted by atomic mass is 10.2. The zero-order valence-electron chi connectivity index (χ0n) is 8.72. The maximum atomic E-state index is 12.2. The van der Waals surface area contributed by atoms with Crippen molar-refractivity contribution in [1.29, 1.82) is 0 Å². The zero-order chi connectivity index (χ0) is 10.5. The Bertz CT molecular complexity index is 346. The van der Waals surface area contributed by atoms with Gasteiger partial charge in [-0.15, -0.1) is 0 Å². The van der Waals surface area contributed by atoms with Crippen LogP contribution in [0.25, 0.3) is 0 Å². The van der Waals surface area contributed by atoms with Crippen LogP contribution >= 0.6 is 0 Å². The molecule has 1 atom stereocenters. The zero-order valence-corrected chi connectivity index (χ0v) is 9.54. The molecule has 0 unspecified atom stereocenters. The lowest BCUT2D eigenvalue weighted by Crippen LogP contribution is -2.41. The second-order valence-corrected chi connectivity index (χ2v) is 6.44. The van der Waals surface area contributed by atoms with E-state index in [4.69, 9.17) is 0 Å². The molecule has 6 heteroatoms. The maximum absolute atomic E-state index is 12.2. The summed E-state index contributed by atoms with van der Waals surface area (Å²) in [6.07, 6.45) is 3.06. The molecule has 2 heterocycles. The molecule has 0 amide bonds. The van der Waals surface area contributed by atoms with Crippen LogP contribution in [0.5, 0.6) is 0 Å². The van der Waals surface area contributed by atoms with Gasteiger partial charge in [-0.3, -0.25) is 0 Å². The van der Waals surface area contributed by atoms with Gasteiger partial charge in [0.25, 0.3) is 10.2 Å². The van der Waals surface area contributed by atoms with Crippen LogP contribution in [-0.4, -0.2) is 55.3 Å². The van der Waals surface area contributed by atoms with E-state index in [9.17, 15) is 8.42 Å². The van der Waals surface area contributed by atoms with Crippen molar-refractivity contribution in [2.24, 2.45) is 0 Å². The highest BCUT2D eigenvalue weighted by atomic mass is 32.2. The monoisotopic (exact) mass is 231 g/mol. The van der Waals surface area contributed by atoms with Crippen molar-refractivity contribution in [2.75, 3.05) is 26.2 Å². The normalized spacial score (nSPS) is 37.5. The van der Waals surface area contributed by atoms with Crippen LogP contribution in [0.1, 0.15) is 19.3 Å². The SMILES string of the molecule is O=S1(=O)N(C2CC2)CCN1[C@@H]1CCNC1. The molecule has 0 radical (unpaired) electrons. The summed E-state index contributed by atoms with van der Waals surface area (Å²) in [5.41, 5.74) is 0. The second kappa shape index (κ2) is 3.41. The van der Waals surface area contributed by atoms with Crippen molar-refractivity contribution in [1.82, 2.24) is 13.9 Å². The highest BCUT2D eigenvalue weighted by molar-refractivity contribution is 7.87. The fourth-order valence-electron chi connectivity index (χ4n) is 2.55. The Morgan fingerprint density at radius 3 is 2.20 bits per heavy atom. The van der Waals surface area contributed by atoms with E-state index < -0.39 is 10.2 Å². The molecule has 1 aliphatic carbocycles. The molecule has 5 nitrogen and oxygen atoms in total. The average molecular weight is 231 g/mol. The number of hydrogen-bond acceptors (Lipinski definition) is 3. The van der Waals surface area contributed by atoms with Gasteiger partial charge in [0.05, 0.1) is 0 Å². The van der Waals surface area contributed by atoms with E-state index in [0.29, 0.717) is 19.1 Å². The first-order valence-corrected chi connectivity index (χ1v) is 7.08. The van der Waals surface area contributed by atoms with Gasteiger partial charge >= 0.3 is 0 Å². The second-order valence-electron chi connectivity index (χ2n) is 4.61. The van der Waals surface area contributed by atoms with Crippen LogP contribution in [0.2, 0.25) is 0 Å². The Morgan fingerprint density at radius 2 is 1.67 bits per heavy atom. The Morgan fingerprint density at radius 1 is 1.00 bits per heavy atom. The van der Waals surface area contributed by atoms with E-state index in [1.165, 1.54) is 0 Å². The highest BCUT2D eigenvalue weighted by Crippen LogP contribution is 2.34. The standard InChI is InChI=1S/C9H17N3O2S/c13-15(14)11(8-1-2-8)5-6-12(15)9-3-4-10-7-9/h8-10H,1-7H2/t9-/m1/s1. The predicted octanol–water partition coefficient (Wildman–Crippen LogP) is -0.627. The highest BCUT2D eigenvalue weighted by Gasteiger charge is 2.47. The minimum Gasteiger partial charge on any atom is -0.315 e. The summed E-state index contributed by atoms with van der Waals surface area (Å²) >= 11 is 0. The third-order valence-electron chi connectivity index (χ3n) is 3.53. The molecule has 1 N–H and O–H groups in total. The van der Waals surface area contributed by atoms with Crippen LogP contribution in [0.15, 0.2) is 0 Å². The van der Waals surface area contributed by atoms with Gasteiger partial charge in [-0.2, -0.15) is 17.0 Å². The Hall–Kier alpha value is -0.170. The topological polar surface area (TPSA) is 52.7 Å². The smallest absolute Gasteiger partial charge is 0.282 e. The summed E-state index contributed by atoms with van der Waals surface area (Å²) in [6.45, 7) is 3.15. The molecule has 15 heavy (non-hydrogen) atoms. The first-order chi connectivity index (χ1) is 7.19. The molecule has 2 saturated heterocycles. The minimum atomic E-state index is -3.12. The molecule has 0 aromatic heterocycles.